The van der Waals surface area contributed by atoms with Crippen molar-refractivity contribution in [3.05, 3.63) is 18.2 Å². The van der Waals surface area contributed by atoms with Gasteiger partial charge in [0.15, 0.2) is 0 Å². The van der Waals surface area contributed by atoms with Crippen LogP contribution in [0.5, 0.6) is 5.75 Å². The Labute approximate surface area is 118 Å². The van der Waals surface area contributed by atoms with Crippen molar-refractivity contribution in [1.82, 2.24) is 0 Å². The first-order chi connectivity index (χ1) is 9.11. The van der Waals surface area contributed by atoms with Gasteiger partial charge in [-0.2, -0.15) is 0 Å². The van der Waals surface area contributed by atoms with E-state index in [9.17, 15) is 4.21 Å². The Morgan fingerprint density at radius 3 is 2.63 bits per heavy atom. The fourth-order valence-corrected chi connectivity index (χ4v) is 4.16. The Balaban J connectivity index is 2.15. The van der Waals surface area contributed by atoms with Crippen LogP contribution in [0.1, 0.15) is 39.5 Å². The number of ether oxygens (including phenoxy) is 1. The molecule has 0 heterocycles. The van der Waals surface area contributed by atoms with Crippen LogP contribution in [0.3, 0.4) is 0 Å². The Morgan fingerprint density at radius 1 is 1.32 bits per heavy atom. The minimum atomic E-state index is -1.02. The van der Waals surface area contributed by atoms with Crippen molar-refractivity contribution in [2.45, 2.75) is 49.7 Å². The Hall–Kier alpha value is -1.03. The monoisotopic (exact) mass is 281 g/mol. The molecule has 19 heavy (non-hydrogen) atoms. The number of nitrogen functional groups attached to an aromatic ring is 1. The van der Waals surface area contributed by atoms with Crippen LogP contribution in [0.4, 0.5) is 5.69 Å². The molecule has 1 aliphatic rings. The standard InChI is InChI=1S/C15H23NO2S/c1-3-18-12-6-9-14(16)15(10-12)19(17)13-7-4-11(2)5-8-13/h6,9-11,13H,3-5,7-8,16H2,1-2H3. The van der Waals surface area contributed by atoms with E-state index in [1.807, 2.05) is 19.1 Å². The third-order valence-electron chi connectivity index (χ3n) is 3.78. The maximum absolute atomic E-state index is 12.7. The SMILES string of the molecule is CCOc1ccc(N)c(S(=O)C2CCC(C)CC2)c1. The Kier molecular flexibility index (Phi) is 4.86. The Morgan fingerprint density at radius 2 is 2.00 bits per heavy atom. The second kappa shape index (κ2) is 6.42. The van der Waals surface area contributed by atoms with Crippen LogP contribution in [-0.2, 0) is 10.8 Å². The highest BCUT2D eigenvalue weighted by Gasteiger charge is 2.25. The predicted molar refractivity (Wildman–Crippen MR) is 79.9 cm³/mol. The van der Waals surface area contributed by atoms with Gasteiger partial charge in [-0.15, -0.1) is 0 Å². The number of nitrogens with two attached hydrogens (primary N) is 1. The summed E-state index contributed by atoms with van der Waals surface area (Å²) in [6, 6.07) is 5.47. The molecule has 1 aromatic carbocycles. The molecule has 0 saturated heterocycles. The largest absolute Gasteiger partial charge is 0.494 e. The van der Waals surface area contributed by atoms with Crippen molar-refractivity contribution >= 4 is 16.5 Å². The molecule has 106 valence electrons. The van der Waals surface area contributed by atoms with Gasteiger partial charge in [-0.1, -0.05) is 6.92 Å². The quantitative estimate of drug-likeness (QED) is 0.861. The van der Waals surface area contributed by atoms with Crippen molar-refractivity contribution in [3.63, 3.8) is 0 Å². The first-order valence-electron chi connectivity index (χ1n) is 7.04. The van der Waals surface area contributed by atoms with Gasteiger partial charge in [-0.3, -0.25) is 4.21 Å². The van der Waals surface area contributed by atoms with Gasteiger partial charge >= 0.3 is 0 Å². The zero-order valence-electron chi connectivity index (χ0n) is 11.7. The highest BCUT2D eigenvalue weighted by Crippen LogP contribution is 2.32. The first kappa shape index (κ1) is 14.4. The molecule has 2 N–H and O–H groups in total. The van der Waals surface area contributed by atoms with E-state index in [-0.39, 0.29) is 5.25 Å². The fourth-order valence-electron chi connectivity index (χ4n) is 2.57. The van der Waals surface area contributed by atoms with E-state index in [0.717, 1.165) is 29.4 Å². The summed E-state index contributed by atoms with van der Waals surface area (Å²) in [5.74, 6) is 1.52. The van der Waals surface area contributed by atoms with Gasteiger partial charge in [0.1, 0.15) is 5.75 Å². The zero-order valence-corrected chi connectivity index (χ0v) is 12.5. The summed E-state index contributed by atoms with van der Waals surface area (Å²) >= 11 is 0. The summed E-state index contributed by atoms with van der Waals surface area (Å²) in [5, 5.41) is 0.246. The van der Waals surface area contributed by atoms with Gasteiger partial charge in [-0.25, -0.2) is 0 Å². The minimum Gasteiger partial charge on any atom is -0.494 e. The molecule has 1 aromatic rings. The molecule has 0 aromatic heterocycles. The van der Waals surface area contributed by atoms with E-state index in [1.54, 1.807) is 6.07 Å². The van der Waals surface area contributed by atoms with Crippen molar-refractivity contribution in [3.8, 4) is 5.75 Å². The lowest BCUT2D eigenvalue weighted by atomic mass is 9.91. The Bertz CT molecular complexity index is 453. The lowest BCUT2D eigenvalue weighted by molar-refractivity contribution is 0.339. The highest BCUT2D eigenvalue weighted by atomic mass is 32.2. The van der Waals surface area contributed by atoms with E-state index in [1.165, 1.54) is 12.8 Å². The number of rotatable bonds is 4. The maximum Gasteiger partial charge on any atom is 0.120 e. The molecule has 1 atom stereocenters. The first-order valence-corrected chi connectivity index (χ1v) is 8.26. The van der Waals surface area contributed by atoms with E-state index < -0.39 is 10.8 Å². The predicted octanol–water partition coefficient (Wildman–Crippen LogP) is 3.35. The zero-order chi connectivity index (χ0) is 13.8. The average Bonchev–Trinajstić information content (AvgIpc) is 2.41. The third kappa shape index (κ3) is 3.50. The molecule has 1 aliphatic carbocycles. The van der Waals surface area contributed by atoms with Crippen molar-refractivity contribution in [1.29, 1.82) is 0 Å². The second-order valence-electron chi connectivity index (χ2n) is 5.31. The van der Waals surface area contributed by atoms with Crippen molar-refractivity contribution in [2.75, 3.05) is 12.3 Å². The number of anilines is 1. The van der Waals surface area contributed by atoms with E-state index in [0.29, 0.717) is 12.3 Å². The van der Waals surface area contributed by atoms with Crippen LogP contribution in [0.2, 0.25) is 0 Å². The molecule has 1 fully saturated rings. The fraction of sp³-hybridized carbons (Fsp3) is 0.600. The van der Waals surface area contributed by atoms with Gasteiger partial charge < -0.3 is 10.5 Å². The van der Waals surface area contributed by atoms with Gasteiger partial charge in [0.2, 0.25) is 0 Å². The van der Waals surface area contributed by atoms with Gasteiger partial charge in [-0.05, 0) is 56.7 Å². The normalized spacial score (nSPS) is 24.9. The van der Waals surface area contributed by atoms with Crippen LogP contribution in [0, 0.1) is 5.92 Å². The average molecular weight is 281 g/mol. The molecule has 0 bridgehead atoms. The molecule has 0 spiro atoms. The van der Waals surface area contributed by atoms with E-state index >= 15 is 0 Å². The molecule has 3 nitrogen and oxygen atoms in total. The topological polar surface area (TPSA) is 52.3 Å². The van der Waals surface area contributed by atoms with Crippen LogP contribution in [-0.4, -0.2) is 16.1 Å². The lowest BCUT2D eigenvalue weighted by Gasteiger charge is -2.26. The van der Waals surface area contributed by atoms with Crippen LogP contribution in [0.25, 0.3) is 0 Å². The number of hydrogen-bond donors (Lipinski definition) is 1. The van der Waals surface area contributed by atoms with E-state index in [4.69, 9.17) is 10.5 Å². The smallest absolute Gasteiger partial charge is 0.120 e. The summed E-state index contributed by atoms with van der Waals surface area (Å²) in [6.45, 7) is 4.82. The molecule has 1 unspecified atom stereocenters. The van der Waals surface area contributed by atoms with Gasteiger partial charge in [0, 0.05) is 10.9 Å². The van der Waals surface area contributed by atoms with Crippen LogP contribution < -0.4 is 10.5 Å². The van der Waals surface area contributed by atoms with Crippen molar-refractivity contribution < 1.29 is 8.95 Å². The van der Waals surface area contributed by atoms with Crippen LogP contribution in [0.15, 0.2) is 23.1 Å². The maximum atomic E-state index is 12.7. The molecule has 0 amide bonds. The number of hydrogen-bond acceptors (Lipinski definition) is 3. The summed E-state index contributed by atoms with van der Waals surface area (Å²) in [7, 11) is -1.02. The molecule has 0 aliphatic heterocycles. The summed E-state index contributed by atoms with van der Waals surface area (Å²) < 4.78 is 18.1. The van der Waals surface area contributed by atoms with Gasteiger partial charge in [0.05, 0.1) is 22.3 Å². The summed E-state index contributed by atoms with van der Waals surface area (Å²) in [6.07, 6.45) is 4.40. The highest BCUT2D eigenvalue weighted by molar-refractivity contribution is 7.85. The van der Waals surface area contributed by atoms with Gasteiger partial charge in [0.25, 0.3) is 0 Å². The molecular weight excluding hydrogens is 258 g/mol. The minimum absolute atomic E-state index is 0.246. The molecule has 1 saturated carbocycles. The van der Waals surface area contributed by atoms with Crippen molar-refractivity contribution in [2.24, 2.45) is 5.92 Å². The summed E-state index contributed by atoms with van der Waals surface area (Å²) in [4.78, 5) is 0.741. The third-order valence-corrected chi connectivity index (χ3v) is 5.64. The summed E-state index contributed by atoms with van der Waals surface area (Å²) in [5.41, 5.74) is 6.58. The molecule has 4 heteroatoms. The number of benzene rings is 1. The second-order valence-corrected chi connectivity index (χ2v) is 7.01. The lowest BCUT2D eigenvalue weighted by Crippen LogP contribution is -2.22. The van der Waals surface area contributed by atoms with Crippen LogP contribution >= 0.6 is 0 Å². The molecule has 0 radical (unpaired) electrons. The van der Waals surface area contributed by atoms with E-state index in [2.05, 4.69) is 6.92 Å². The molecular formula is C15H23NO2S. The molecule has 2 rings (SSSR count).